The molecule has 7 rings (SSSR count). The number of aromatic nitrogens is 3. The molecule has 50 heavy (non-hydrogen) atoms. The van der Waals surface area contributed by atoms with Gasteiger partial charge in [-0.3, -0.25) is 9.69 Å². The number of rotatable bonds is 8. The van der Waals surface area contributed by atoms with E-state index >= 15 is 4.39 Å². The van der Waals surface area contributed by atoms with Crippen molar-refractivity contribution in [3.05, 3.63) is 53.1 Å². The van der Waals surface area contributed by atoms with E-state index in [4.69, 9.17) is 4.74 Å². The van der Waals surface area contributed by atoms with Crippen molar-refractivity contribution in [1.82, 2.24) is 24.8 Å². The summed E-state index contributed by atoms with van der Waals surface area (Å²) in [5, 5.41) is -1.18. The van der Waals surface area contributed by atoms with E-state index in [0.29, 0.717) is 32.0 Å². The number of hydrogen-bond donors (Lipinski definition) is 0. The van der Waals surface area contributed by atoms with E-state index in [2.05, 4.69) is 21.5 Å². The van der Waals surface area contributed by atoms with Gasteiger partial charge in [-0.1, -0.05) is 6.58 Å². The van der Waals surface area contributed by atoms with Crippen LogP contribution in [0.2, 0.25) is 0 Å². The Morgan fingerprint density at radius 3 is 2.68 bits per heavy atom. The number of amides is 1. The van der Waals surface area contributed by atoms with Crippen LogP contribution in [0, 0.1) is 11.6 Å². The van der Waals surface area contributed by atoms with Gasteiger partial charge in [0.25, 0.3) is 6.43 Å². The summed E-state index contributed by atoms with van der Waals surface area (Å²) < 4.78 is 123. The lowest BCUT2D eigenvalue weighted by Crippen LogP contribution is -2.43. The van der Waals surface area contributed by atoms with Gasteiger partial charge in [-0.25, -0.2) is 26.9 Å². The third-order valence-corrected chi connectivity index (χ3v) is 11.0. The Kier molecular flexibility index (Phi) is 8.64. The summed E-state index contributed by atoms with van der Waals surface area (Å²) in [6.07, 6.45) is -6.22. The van der Waals surface area contributed by atoms with E-state index < -0.39 is 79.4 Å². The minimum Gasteiger partial charge on any atom is -0.461 e. The Bertz CT molecular complexity index is 2010. The van der Waals surface area contributed by atoms with Crippen molar-refractivity contribution in [2.24, 2.45) is 0 Å². The van der Waals surface area contributed by atoms with E-state index in [1.54, 1.807) is 7.05 Å². The number of thiazole rings is 1. The zero-order valence-corrected chi connectivity index (χ0v) is 27.4. The van der Waals surface area contributed by atoms with Crippen LogP contribution in [0.15, 0.2) is 30.9 Å². The van der Waals surface area contributed by atoms with Gasteiger partial charge in [0.05, 0.1) is 21.3 Å². The number of ether oxygens (including phenoxy) is 1. The zero-order valence-electron chi connectivity index (χ0n) is 26.5. The molecule has 0 N–H and O–H groups in total. The molecule has 3 atom stereocenters. The van der Waals surface area contributed by atoms with Crippen LogP contribution in [0.25, 0.3) is 32.2 Å². The molecule has 3 saturated heterocycles. The minimum atomic E-state index is -5.19. The Hall–Kier alpha value is -4.12. The van der Waals surface area contributed by atoms with E-state index in [0.717, 1.165) is 24.6 Å². The van der Waals surface area contributed by atoms with Crippen molar-refractivity contribution in [3.8, 4) is 17.1 Å². The molecule has 1 amide bonds. The summed E-state index contributed by atoms with van der Waals surface area (Å²) in [4.78, 5) is 29.7. The SMILES string of the molecule is C=CC(=O)N1CCC(N(C)c2nc(OCC34CCCN3CC(F)C4)nc3c(F)c(-c4ccc(F)c5sc(C(F)F)nc45)c(C(F)(F)F)cc23)C1. The van der Waals surface area contributed by atoms with Gasteiger partial charge in [0.1, 0.15) is 29.9 Å². The number of halogens is 8. The second kappa shape index (κ2) is 12.6. The van der Waals surface area contributed by atoms with Gasteiger partial charge in [0.15, 0.2) is 10.8 Å². The second-order valence-electron chi connectivity index (χ2n) is 12.9. The summed E-state index contributed by atoms with van der Waals surface area (Å²) in [5.74, 6) is -2.94. The van der Waals surface area contributed by atoms with E-state index in [-0.39, 0.29) is 60.6 Å². The highest BCUT2D eigenvalue weighted by molar-refractivity contribution is 7.18. The first kappa shape index (κ1) is 34.3. The molecule has 0 saturated carbocycles. The highest BCUT2D eigenvalue weighted by atomic mass is 32.1. The van der Waals surface area contributed by atoms with Crippen molar-refractivity contribution in [2.75, 3.05) is 44.7 Å². The molecule has 3 unspecified atom stereocenters. The van der Waals surface area contributed by atoms with E-state index in [1.807, 2.05) is 4.90 Å². The number of carbonyl (C=O) groups excluding carboxylic acids is 1. The van der Waals surface area contributed by atoms with Crippen molar-refractivity contribution < 1.29 is 44.7 Å². The fourth-order valence-corrected chi connectivity index (χ4v) is 8.36. The van der Waals surface area contributed by atoms with Crippen LogP contribution in [0.3, 0.4) is 0 Å². The van der Waals surface area contributed by atoms with E-state index in [1.165, 1.54) is 9.80 Å². The molecule has 0 radical (unpaired) electrons. The number of hydrogen-bond acceptors (Lipinski definition) is 8. The number of nitrogens with zero attached hydrogens (tertiary/aromatic N) is 6. The molecular formula is C33H30F8N6O2S. The summed E-state index contributed by atoms with van der Waals surface area (Å²) in [5.41, 5.74) is -4.88. The topological polar surface area (TPSA) is 74.7 Å². The molecule has 2 aromatic heterocycles. The molecule has 266 valence electrons. The second-order valence-corrected chi connectivity index (χ2v) is 13.9. The van der Waals surface area contributed by atoms with E-state index in [9.17, 15) is 35.5 Å². The molecule has 4 aromatic rings. The van der Waals surface area contributed by atoms with Crippen molar-refractivity contribution in [1.29, 1.82) is 0 Å². The fraction of sp³-hybridized carbons (Fsp3) is 0.455. The molecule has 8 nitrogen and oxygen atoms in total. The third kappa shape index (κ3) is 5.81. The fourth-order valence-electron chi connectivity index (χ4n) is 7.51. The smallest absolute Gasteiger partial charge is 0.417 e. The number of anilines is 1. The van der Waals surface area contributed by atoms with Crippen LogP contribution >= 0.6 is 11.3 Å². The summed E-state index contributed by atoms with van der Waals surface area (Å²) in [7, 11) is 1.55. The first-order valence-corrected chi connectivity index (χ1v) is 16.7. The van der Waals surface area contributed by atoms with Gasteiger partial charge in [-0.2, -0.15) is 23.1 Å². The van der Waals surface area contributed by atoms with Gasteiger partial charge >= 0.3 is 12.2 Å². The number of likely N-dealkylation sites (N-methyl/N-ethyl adjacent to an activating group) is 1. The quantitative estimate of drug-likeness (QED) is 0.139. The predicted octanol–water partition coefficient (Wildman–Crippen LogP) is 7.32. The molecule has 3 fully saturated rings. The van der Waals surface area contributed by atoms with Crippen molar-refractivity contribution in [2.45, 2.75) is 56.0 Å². The number of alkyl halides is 6. The van der Waals surface area contributed by atoms with Crippen molar-refractivity contribution in [3.63, 3.8) is 0 Å². The Morgan fingerprint density at radius 1 is 1.18 bits per heavy atom. The highest BCUT2D eigenvalue weighted by Crippen LogP contribution is 2.47. The first-order chi connectivity index (χ1) is 23.7. The molecule has 3 aliphatic rings. The van der Waals surface area contributed by atoms with Gasteiger partial charge in [-0.05, 0) is 50.1 Å². The maximum absolute atomic E-state index is 16.9. The number of carbonyl (C=O) groups is 1. The molecule has 0 spiro atoms. The average molecular weight is 727 g/mol. The maximum atomic E-state index is 16.9. The third-order valence-electron chi connectivity index (χ3n) is 9.93. The predicted molar refractivity (Wildman–Crippen MR) is 170 cm³/mol. The van der Waals surface area contributed by atoms with Crippen molar-refractivity contribution >= 4 is 44.2 Å². The largest absolute Gasteiger partial charge is 0.461 e. The molecule has 0 aliphatic carbocycles. The van der Waals surface area contributed by atoms with Gasteiger partial charge in [-0.15, -0.1) is 11.3 Å². The average Bonchev–Trinajstić information content (AvgIpc) is 3.86. The number of fused-ring (bicyclic) bond motifs is 3. The first-order valence-electron chi connectivity index (χ1n) is 15.9. The standard InChI is InChI=1S/C33H30F8N6O2S/c1-3-22(48)46-10-7-17(14-46)45(2)29-19-11-20(33(39,40)41)23(18-5-6-21(35)27-26(18)42-30(50-27)28(37)38)24(36)25(19)43-31(44-29)49-15-32-8-4-9-47(32)13-16(34)12-32/h3,5-6,11,16-17,28H,1,4,7-10,12-15H2,2H3. The molecule has 5 heterocycles. The Labute approximate surface area is 284 Å². The summed E-state index contributed by atoms with van der Waals surface area (Å²) in [6.45, 7) is 4.83. The lowest BCUT2D eigenvalue weighted by molar-refractivity contribution is -0.137. The molecule has 0 bridgehead atoms. The van der Waals surface area contributed by atoms with Crippen LogP contribution in [0.5, 0.6) is 6.01 Å². The van der Waals surface area contributed by atoms with Crippen LogP contribution < -0.4 is 9.64 Å². The van der Waals surface area contributed by atoms with Crippen LogP contribution in [-0.2, 0) is 11.0 Å². The van der Waals surface area contributed by atoms with Gasteiger partial charge < -0.3 is 14.5 Å². The summed E-state index contributed by atoms with van der Waals surface area (Å²) >= 11 is 0.259. The molecule has 17 heteroatoms. The Morgan fingerprint density at radius 2 is 1.96 bits per heavy atom. The summed E-state index contributed by atoms with van der Waals surface area (Å²) in [6, 6.07) is 1.48. The lowest BCUT2D eigenvalue weighted by atomic mass is 9.94. The highest BCUT2D eigenvalue weighted by Gasteiger charge is 2.49. The normalized spacial score (nSPS) is 22.6. The van der Waals surface area contributed by atoms with Crippen LogP contribution in [0.1, 0.15) is 42.7 Å². The van der Waals surface area contributed by atoms with Crippen LogP contribution in [0.4, 0.5) is 40.9 Å². The zero-order chi connectivity index (χ0) is 35.7. The van der Waals surface area contributed by atoms with Crippen LogP contribution in [-0.4, -0.2) is 88.2 Å². The monoisotopic (exact) mass is 726 g/mol. The minimum absolute atomic E-state index is 0.0595. The molecule has 3 aliphatic heterocycles. The maximum Gasteiger partial charge on any atom is 0.417 e. The lowest BCUT2D eigenvalue weighted by Gasteiger charge is -2.31. The Balaban J connectivity index is 1.41. The van der Waals surface area contributed by atoms with Gasteiger partial charge in [0.2, 0.25) is 5.91 Å². The number of benzene rings is 2. The molecular weight excluding hydrogens is 696 g/mol. The van der Waals surface area contributed by atoms with Gasteiger partial charge in [0, 0.05) is 55.7 Å². The number of likely N-dealkylation sites (tertiary alicyclic amines) is 1. The molecule has 2 aromatic carbocycles.